The van der Waals surface area contributed by atoms with Gasteiger partial charge in [0.25, 0.3) is 0 Å². The van der Waals surface area contributed by atoms with E-state index in [0.717, 1.165) is 28.1 Å². The Morgan fingerprint density at radius 3 is 1.82 bits per heavy atom. The van der Waals surface area contributed by atoms with Crippen molar-refractivity contribution in [1.29, 1.82) is 0 Å². The molecule has 0 aliphatic heterocycles. The molecular formula is C47H28N2S. The largest absolute Gasteiger partial charge is 0.292 e. The van der Waals surface area contributed by atoms with Crippen LogP contribution in [0.25, 0.3) is 102 Å². The van der Waals surface area contributed by atoms with Crippen LogP contribution >= 0.6 is 11.3 Å². The molecule has 0 aliphatic rings. The number of aromatic nitrogens is 2. The fraction of sp³-hybridized carbons (Fsp3) is 0. The molecule has 0 saturated heterocycles. The molecule has 0 N–H and O–H groups in total. The molecule has 2 aromatic heterocycles. The summed E-state index contributed by atoms with van der Waals surface area (Å²) in [5, 5.41) is 12.4. The molecule has 3 heteroatoms. The number of fused-ring (bicyclic) bond motifs is 11. The van der Waals surface area contributed by atoms with E-state index < -0.39 is 0 Å². The van der Waals surface area contributed by atoms with E-state index in [1.165, 1.54) is 74.4 Å². The molecule has 0 spiro atoms. The average molecular weight is 653 g/mol. The topological polar surface area (TPSA) is 17.8 Å². The molecule has 2 nitrogen and oxygen atoms in total. The van der Waals surface area contributed by atoms with Gasteiger partial charge in [0.1, 0.15) is 5.82 Å². The van der Waals surface area contributed by atoms with Crippen LogP contribution in [0.15, 0.2) is 170 Å². The standard InChI is InChI=1S/C47H28N2S/c1-2-11-31-27-34-28-33(21-20-32(34)26-30(31)10-1)47-48-44-40-15-5-3-12-37(40)38-13-4-6-16-41(38)45(44)49(47)35-24-22-29(23-25-35)36-17-9-18-42-39-14-7-8-19-43(39)50-46(36)42/h1-28H. The van der Waals surface area contributed by atoms with Crippen LogP contribution in [0.3, 0.4) is 0 Å². The van der Waals surface area contributed by atoms with E-state index in [9.17, 15) is 0 Å². The number of nitrogens with zero attached hydrogens (tertiary/aromatic N) is 2. The van der Waals surface area contributed by atoms with Crippen LogP contribution < -0.4 is 0 Å². The zero-order valence-corrected chi connectivity index (χ0v) is 27.8. The number of hydrogen-bond acceptors (Lipinski definition) is 2. The third kappa shape index (κ3) is 4.05. The summed E-state index contributed by atoms with van der Waals surface area (Å²) in [6.07, 6.45) is 0. The van der Waals surface area contributed by atoms with Crippen LogP contribution in [-0.4, -0.2) is 9.55 Å². The van der Waals surface area contributed by atoms with Crippen LogP contribution in [-0.2, 0) is 0 Å². The number of rotatable bonds is 3. The summed E-state index contributed by atoms with van der Waals surface area (Å²) in [6.45, 7) is 0. The first-order valence-corrected chi connectivity index (χ1v) is 17.9. The predicted octanol–water partition coefficient (Wildman–Crippen LogP) is 13.3. The van der Waals surface area contributed by atoms with Crippen molar-refractivity contribution in [1.82, 2.24) is 9.55 Å². The SMILES string of the molecule is c1ccc2cc3cc(-c4nc5c6ccccc6c6ccccc6c5n4-c4ccc(-c5cccc6c5sc5ccccc56)cc4)ccc3cc2c1. The van der Waals surface area contributed by atoms with E-state index >= 15 is 0 Å². The second-order valence-corrected chi connectivity index (χ2v) is 14.2. The number of imidazole rings is 1. The minimum Gasteiger partial charge on any atom is -0.292 e. The highest BCUT2D eigenvalue weighted by molar-refractivity contribution is 7.26. The van der Waals surface area contributed by atoms with Crippen molar-refractivity contribution in [2.75, 3.05) is 0 Å². The average Bonchev–Trinajstić information content (AvgIpc) is 3.77. The lowest BCUT2D eigenvalue weighted by molar-refractivity contribution is 1.11. The first-order valence-electron chi connectivity index (χ1n) is 17.0. The first kappa shape index (κ1) is 27.6. The molecule has 9 aromatic carbocycles. The van der Waals surface area contributed by atoms with Gasteiger partial charge < -0.3 is 0 Å². The van der Waals surface area contributed by atoms with Crippen molar-refractivity contribution in [3.63, 3.8) is 0 Å². The maximum atomic E-state index is 5.52. The van der Waals surface area contributed by atoms with Crippen molar-refractivity contribution < 1.29 is 0 Å². The second kappa shape index (κ2) is 10.6. The molecule has 0 amide bonds. The molecule has 0 atom stereocenters. The lowest BCUT2D eigenvalue weighted by Crippen LogP contribution is -1.98. The van der Waals surface area contributed by atoms with E-state index in [4.69, 9.17) is 4.98 Å². The van der Waals surface area contributed by atoms with Gasteiger partial charge in [-0.25, -0.2) is 4.98 Å². The van der Waals surface area contributed by atoms with Gasteiger partial charge in [0.2, 0.25) is 0 Å². The Balaban J connectivity index is 1.17. The van der Waals surface area contributed by atoms with Crippen LogP contribution in [0.4, 0.5) is 0 Å². The summed E-state index contributed by atoms with van der Waals surface area (Å²) in [6, 6.07) is 61.9. The summed E-state index contributed by atoms with van der Waals surface area (Å²) in [5.74, 6) is 0.941. The molecule has 0 radical (unpaired) electrons. The molecule has 0 saturated carbocycles. The van der Waals surface area contributed by atoms with Crippen LogP contribution in [0.2, 0.25) is 0 Å². The Bertz CT molecular complexity index is 3150. The minimum atomic E-state index is 0.941. The van der Waals surface area contributed by atoms with E-state index in [1.54, 1.807) is 0 Å². The molecule has 232 valence electrons. The molecule has 0 bridgehead atoms. The summed E-state index contributed by atoms with van der Waals surface area (Å²) in [4.78, 5) is 5.52. The quantitative estimate of drug-likeness (QED) is 0.137. The zero-order chi connectivity index (χ0) is 32.8. The van der Waals surface area contributed by atoms with E-state index in [2.05, 4.69) is 174 Å². The Kier molecular flexibility index (Phi) is 5.86. The smallest absolute Gasteiger partial charge is 0.145 e. The molecule has 0 fully saturated rings. The van der Waals surface area contributed by atoms with Crippen molar-refractivity contribution >= 4 is 85.6 Å². The maximum absolute atomic E-state index is 5.52. The minimum absolute atomic E-state index is 0.941. The van der Waals surface area contributed by atoms with Crippen LogP contribution in [0, 0.1) is 0 Å². The highest BCUT2D eigenvalue weighted by Gasteiger charge is 2.21. The predicted molar refractivity (Wildman–Crippen MR) is 215 cm³/mol. The molecular weight excluding hydrogens is 625 g/mol. The maximum Gasteiger partial charge on any atom is 0.145 e. The van der Waals surface area contributed by atoms with Gasteiger partial charge >= 0.3 is 0 Å². The van der Waals surface area contributed by atoms with Gasteiger partial charge in [-0.1, -0.05) is 133 Å². The molecule has 50 heavy (non-hydrogen) atoms. The Hall–Kier alpha value is -6.29. The van der Waals surface area contributed by atoms with Gasteiger partial charge in [-0.3, -0.25) is 4.57 Å². The van der Waals surface area contributed by atoms with Gasteiger partial charge in [-0.05, 0) is 79.8 Å². The Morgan fingerprint density at radius 1 is 0.420 bits per heavy atom. The lowest BCUT2D eigenvalue weighted by atomic mass is 9.99. The van der Waals surface area contributed by atoms with Gasteiger partial charge in [-0.15, -0.1) is 11.3 Å². The Morgan fingerprint density at radius 2 is 1.02 bits per heavy atom. The Labute approximate surface area is 292 Å². The molecule has 0 unspecified atom stereocenters. The molecule has 11 aromatic rings. The van der Waals surface area contributed by atoms with Crippen molar-refractivity contribution in [3.05, 3.63) is 170 Å². The van der Waals surface area contributed by atoms with E-state index in [-0.39, 0.29) is 0 Å². The van der Waals surface area contributed by atoms with E-state index in [1.807, 2.05) is 11.3 Å². The highest BCUT2D eigenvalue weighted by Crippen LogP contribution is 2.42. The van der Waals surface area contributed by atoms with Gasteiger partial charge in [-0.2, -0.15) is 0 Å². The molecule has 0 aliphatic carbocycles. The van der Waals surface area contributed by atoms with Gasteiger partial charge in [0.15, 0.2) is 0 Å². The number of benzene rings is 9. The van der Waals surface area contributed by atoms with Gasteiger partial charge in [0, 0.05) is 42.2 Å². The zero-order valence-electron chi connectivity index (χ0n) is 27.0. The van der Waals surface area contributed by atoms with Crippen molar-refractivity contribution in [2.24, 2.45) is 0 Å². The number of hydrogen-bond donors (Lipinski definition) is 0. The third-order valence-corrected chi connectivity index (χ3v) is 11.6. The summed E-state index contributed by atoms with van der Waals surface area (Å²) in [7, 11) is 0. The summed E-state index contributed by atoms with van der Waals surface area (Å²) >= 11 is 1.88. The molecule has 2 heterocycles. The third-order valence-electron chi connectivity index (χ3n) is 10.3. The summed E-state index contributed by atoms with van der Waals surface area (Å²) in [5.41, 5.74) is 6.82. The monoisotopic (exact) mass is 652 g/mol. The highest BCUT2D eigenvalue weighted by atomic mass is 32.1. The van der Waals surface area contributed by atoms with Gasteiger partial charge in [0.05, 0.1) is 11.0 Å². The lowest BCUT2D eigenvalue weighted by Gasteiger charge is -2.14. The second-order valence-electron chi connectivity index (χ2n) is 13.1. The van der Waals surface area contributed by atoms with E-state index in [0.29, 0.717) is 0 Å². The molecule has 11 rings (SSSR count). The fourth-order valence-corrected chi connectivity index (χ4v) is 9.23. The van der Waals surface area contributed by atoms with Crippen molar-refractivity contribution in [2.45, 2.75) is 0 Å². The number of thiophene rings is 1. The van der Waals surface area contributed by atoms with Crippen LogP contribution in [0.5, 0.6) is 0 Å². The normalized spacial score (nSPS) is 12.0. The fourth-order valence-electron chi connectivity index (χ4n) is 7.99. The van der Waals surface area contributed by atoms with Crippen LogP contribution in [0.1, 0.15) is 0 Å². The first-order chi connectivity index (χ1) is 24.8. The van der Waals surface area contributed by atoms with Crippen molar-refractivity contribution in [3.8, 4) is 28.2 Å². The summed E-state index contributed by atoms with van der Waals surface area (Å²) < 4.78 is 5.04.